The van der Waals surface area contributed by atoms with Crippen molar-refractivity contribution in [1.82, 2.24) is 20.0 Å². The number of thiazole rings is 1. The molecule has 0 aliphatic carbocycles. The van der Waals surface area contributed by atoms with Crippen LogP contribution in [0.3, 0.4) is 0 Å². The molecular formula is C16H16N4O2S. The molecule has 1 amide bonds. The highest BCUT2D eigenvalue weighted by Crippen LogP contribution is 2.18. The maximum atomic E-state index is 12.2. The molecule has 6 nitrogen and oxygen atoms in total. The van der Waals surface area contributed by atoms with E-state index in [0.717, 1.165) is 16.3 Å². The second-order valence-corrected chi connectivity index (χ2v) is 6.27. The summed E-state index contributed by atoms with van der Waals surface area (Å²) in [4.78, 5) is 22.2. The number of hydrogen-bond acceptors (Lipinski definition) is 6. The van der Waals surface area contributed by atoms with E-state index in [-0.39, 0.29) is 5.91 Å². The quantitative estimate of drug-likeness (QED) is 0.720. The first-order chi connectivity index (χ1) is 11.1. The average molecular weight is 328 g/mol. The number of nitrogens with zero attached hydrogens (tertiary/aromatic N) is 4. The van der Waals surface area contributed by atoms with Gasteiger partial charge in [0.25, 0.3) is 0 Å². The lowest BCUT2D eigenvalue weighted by atomic mass is 10.2. The summed E-state index contributed by atoms with van der Waals surface area (Å²) >= 11 is 1.55. The van der Waals surface area contributed by atoms with Crippen LogP contribution < -0.4 is 0 Å². The number of carbonyl (C=O) groups excluding carboxylic acids is 1. The van der Waals surface area contributed by atoms with E-state index in [9.17, 15) is 4.79 Å². The van der Waals surface area contributed by atoms with Crippen molar-refractivity contribution in [1.29, 1.82) is 0 Å². The Hall–Kier alpha value is -2.54. The number of aromatic nitrogens is 3. The van der Waals surface area contributed by atoms with Crippen molar-refractivity contribution in [2.45, 2.75) is 19.9 Å². The SMILES string of the molecule is Cc1nc(CC(=O)N(C)Cc2cc(-c3cccnc3)no2)cs1. The summed E-state index contributed by atoms with van der Waals surface area (Å²) < 4.78 is 5.31. The van der Waals surface area contributed by atoms with Gasteiger partial charge in [0.1, 0.15) is 5.69 Å². The number of hydrogen-bond donors (Lipinski definition) is 0. The van der Waals surface area contributed by atoms with Crippen LogP contribution >= 0.6 is 11.3 Å². The molecular weight excluding hydrogens is 312 g/mol. The Labute approximate surface area is 137 Å². The van der Waals surface area contributed by atoms with Crippen molar-refractivity contribution in [3.05, 3.63) is 52.4 Å². The Bertz CT molecular complexity index is 797. The summed E-state index contributed by atoms with van der Waals surface area (Å²) in [6, 6.07) is 5.58. The Morgan fingerprint density at radius 3 is 3.00 bits per heavy atom. The van der Waals surface area contributed by atoms with Crippen molar-refractivity contribution in [2.24, 2.45) is 0 Å². The van der Waals surface area contributed by atoms with E-state index in [4.69, 9.17) is 4.52 Å². The largest absolute Gasteiger partial charge is 0.359 e. The Morgan fingerprint density at radius 1 is 1.43 bits per heavy atom. The molecule has 118 valence electrons. The lowest BCUT2D eigenvalue weighted by Gasteiger charge is -2.14. The van der Waals surface area contributed by atoms with Crippen LogP contribution in [-0.2, 0) is 17.8 Å². The minimum Gasteiger partial charge on any atom is -0.359 e. The molecule has 0 aliphatic heterocycles. The maximum Gasteiger partial charge on any atom is 0.228 e. The van der Waals surface area contributed by atoms with Crippen LogP contribution in [-0.4, -0.2) is 33.0 Å². The number of carbonyl (C=O) groups is 1. The van der Waals surface area contributed by atoms with Crippen LogP contribution in [0.4, 0.5) is 0 Å². The minimum atomic E-state index is -0.00497. The monoisotopic (exact) mass is 328 g/mol. The van der Waals surface area contributed by atoms with Gasteiger partial charge >= 0.3 is 0 Å². The lowest BCUT2D eigenvalue weighted by molar-refractivity contribution is -0.130. The van der Waals surface area contributed by atoms with E-state index < -0.39 is 0 Å². The molecule has 0 unspecified atom stereocenters. The standard InChI is InChI=1S/C16H16N4O2S/c1-11-18-13(10-23-11)6-16(21)20(2)9-14-7-15(19-22-14)12-4-3-5-17-8-12/h3-5,7-8,10H,6,9H2,1-2H3. The smallest absolute Gasteiger partial charge is 0.228 e. The molecule has 0 N–H and O–H groups in total. The summed E-state index contributed by atoms with van der Waals surface area (Å²) in [6.07, 6.45) is 3.72. The average Bonchev–Trinajstić information content (AvgIpc) is 3.17. The normalized spacial score (nSPS) is 10.7. The Kier molecular flexibility index (Phi) is 4.47. The zero-order valence-corrected chi connectivity index (χ0v) is 13.7. The molecule has 0 fully saturated rings. The minimum absolute atomic E-state index is 0.00497. The van der Waals surface area contributed by atoms with Gasteiger partial charge in [0.15, 0.2) is 5.76 Å². The zero-order chi connectivity index (χ0) is 16.2. The number of likely N-dealkylation sites (N-methyl/N-ethyl adjacent to an activating group) is 1. The van der Waals surface area contributed by atoms with Gasteiger partial charge in [0.2, 0.25) is 5.91 Å². The lowest BCUT2D eigenvalue weighted by Crippen LogP contribution is -2.27. The van der Waals surface area contributed by atoms with Crippen LogP contribution in [0.2, 0.25) is 0 Å². The van der Waals surface area contributed by atoms with Crippen molar-refractivity contribution in [2.75, 3.05) is 7.05 Å². The first kappa shape index (κ1) is 15.4. The van der Waals surface area contributed by atoms with Gasteiger partial charge in [-0.05, 0) is 19.1 Å². The van der Waals surface area contributed by atoms with Crippen LogP contribution in [0.1, 0.15) is 16.5 Å². The number of pyridine rings is 1. The molecule has 0 saturated carbocycles. The van der Waals surface area contributed by atoms with Crippen molar-refractivity contribution >= 4 is 17.2 Å². The maximum absolute atomic E-state index is 12.2. The molecule has 0 aromatic carbocycles. The van der Waals surface area contributed by atoms with Crippen molar-refractivity contribution in [3.8, 4) is 11.3 Å². The number of amides is 1. The van der Waals surface area contributed by atoms with Crippen LogP contribution in [0.15, 0.2) is 40.5 Å². The van der Waals surface area contributed by atoms with Crippen LogP contribution in [0.25, 0.3) is 11.3 Å². The van der Waals surface area contributed by atoms with Crippen LogP contribution in [0.5, 0.6) is 0 Å². The van der Waals surface area contributed by atoms with E-state index in [2.05, 4.69) is 15.1 Å². The Balaban J connectivity index is 1.62. The fraction of sp³-hybridized carbons (Fsp3) is 0.250. The molecule has 3 heterocycles. The molecule has 0 atom stereocenters. The zero-order valence-electron chi connectivity index (χ0n) is 12.9. The van der Waals surface area contributed by atoms with E-state index in [1.165, 1.54) is 0 Å². The van der Waals surface area contributed by atoms with Gasteiger partial charge in [-0.2, -0.15) is 0 Å². The van der Waals surface area contributed by atoms with E-state index >= 15 is 0 Å². The first-order valence-corrected chi connectivity index (χ1v) is 8.01. The fourth-order valence-corrected chi connectivity index (χ4v) is 2.75. The second kappa shape index (κ2) is 6.70. The van der Waals surface area contributed by atoms with E-state index in [1.54, 1.807) is 35.7 Å². The van der Waals surface area contributed by atoms with E-state index in [1.807, 2.05) is 30.5 Å². The third-order valence-electron chi connectivity index (χ3n) is 3.33. The molecule has 0 radical (unpaired) electrons. The van der Waals surface area contributed by atoms with Gasteiger partial charge in [-0.25, -0.2) is 4.98 Å². The summed E-state index contributed by atoms with van der Waals surface area (Å²) in [7, 11) is 1.74. The van der Waals surface area contributed by atoms with Crippen molar-refractivity contribution < 1.29 is 9.32 Å². The molecule has 23 heavy (non-hydrogen) atoms. The topological polar surface area (TPSA) is 72.1 Å². The summed E-state index contributed by atoms with van der Waals surface area (Å²) in [6.45, 7) is 2.30. The summed E-state index contributed by atoms with van der Waals surface area (Å²) in [5.41, 5.74) is 2.40. The number of aryl methyl sites for hydroxylation is 1. The third kappa shape index (κ3) is 3.81. The number of rotatable bonds is 5. The molecule has 3 rings (SSSR count). The Morgan fingerprint density at radius 2 is 2.30 bits per heavy atom. The fourth-order valence-electron chi connectivity index (χ4n) is 2.14. The van der Waals surface area contributed by atoms with Gasteiger partial charge in [-0.3, -0.25) is 9.78 Å². The van der Waals surface area contributed by atoms with Crippen LogP contribution in [0, 0.1) is 6.92 Å². The molecule has 3 aromatic heterocycles. The van der Waals surface area contributed by atoms with Crippen molar-refractivity contribution in [3.63, 3.8) is 0 Å². The van der Waals surface area contributed by atoms with Gasteiger partial charge in [0, 0.05) is 36.5 Å². The second-order valence-electron chi connectivity index (χ2n) is 5.20. The van der Waals surface area contributed by atoms with E-state index in [0.29, 0.717) is 24.4 Å². The highest BCUT2D eigenvalue weighted by atomic mass is 32.1. The van der Waals surface area contributed by atoms with Gasteiger partial charge in [-0.1, -0.05) is 5.16 Å². The highest BCUT2D eigenvalue weighted by molar-refractivity contribution is 7.09. The first-order valence-electron chi connectivity index (χ1n) is 7.13. The van der Waals surface area contributed by atoms with Gasteiger partial charge in [-0.15, -0.1) is 11.3 Å². The highest BCUT2D eigenvalue weighted by Gasteiger charge is 2.15. The molecule has 3 aromatic rings. The summed E-state index contributed by atoms with van der Waals surface area (Å²) in [5, 5.41) is 6.90. The predicted octanol–water partition coefficient (Wildman–Crippen LogP) is 2.70. The molecule has 0 saturated heterocycles. The molecule has 0 bridgehead atoms. The predicted molar refractivity (Wildman–Crippen MR) is 86.8 cm³/mol. The van der Waals surface area contributed by atoms with Gasteiger partial charge < -0.3 is 9.42 Å². The third-order valence-corrected chi connectivity index (χ3v) is 4.16. The summed E-state index contributed by atoms with van der Waals surface area (Å²) in [5.74, 6) is 0.629. The molecule has 0 aliphatic rings. The molecule has 7 heteroatoms. The molecule has 0 spiro atoms. The van der Waals surface area contributed by atoms with Gasteiger partial charge in [0.05, 0.1) is 23.7 Å².